The summed E-state index contributed by atoms with van der Waals surface area (Å²) in [5.41, 5.74) is -0.0600. The van der Waals surface area contributed by atoms with E-state index in [2.05, 4.69) is 11.9 Å². The van der Waals surface area contributed by atoms with E-state index in [1.807, 2.05) is 0 Å². The van der Waals surface area contributed by atoms with Gasteiger partial charge >= 0.3 is 12.1 Å². The number of nitrogens with one attached hydrogen (secondary N) is 1. The Hall–Kier alpha value is -1.52. The van der Waals surface area contributed by atoms with Gasteiger partial charge in [-0.25, -0.2) is 4.79 Å². The van der Waals surface area contributed by atoms with Crippen molar-refractivity contribution in [2.45, 2.75) is 0 Å². The molecule has 0 bridgehead atoms. The lowest BCUT2D eigenvalue weighted by Crippen LogP contribution is -3.11. The summed E-state index contributed by atoms with van der Waals surface area (Å²) in [6.45, 7) is 4.39. The molecule has 1 amide bonds. The maximum absolute atomic E-state index is 11.4. The van der Waals surface area contributed by atoms with Gasteiger partial charge in [-0.05, 0) is 40.9 Å². The highest BCUT2D eigenvalue weighted by Gasteiger charge is 3.11. The van der Waals surface area contributed by atoms with Crippen LogP contribution in [0, 0.1) is 46.3 Å². The maximum Gasteiger partial charge on any atom is 0.407 e. The van der Waals surface area contributed by atoms with Gasteiger partial charge in [0.15, 0.2) is 0 Å². The second-order valence-electron chi connectivity index (χ2n) is 6.75. The van der Waals surface area contributed by atoms with Crippen LogP contribution in [-0.2, 0) is 9.53 Å². The topological polar surface area (TPSA) is 75.6 Å². The van der Waals surface area contributed by atoms with E-state index in [0.717, 1.165) is 0 Å². The summed E-state index contributed by atoms with van der Waals surface area (Å²) in [5, 5.41) is 12.2. The molecule has 0 heterocycles. The molecule has 5 heteroatoms. The zero-order valence-corrected chi connectivity index (χ0v) is 10.3. The van der Waals surface area contributed by atoms with Crippen LogP contribution in [0.1, 0.15) is 0 Å². The Labute approximate surface area is 110 Å². The van der Waals surface area contributed by atoms with Crippen LogP contribution < -0.4 is 5.32 Å². The van der Waals surface area contributed by atoms with Gasteiger partial charge in [0.1, 0.15) is 6.61 Å². The quantitative estimate of drug-likeness (QED) is 0.715. The zero-order chi connectivity index (χ0) is 13.2. The highest BCUT2D eigenvalue weighted by Crippen LogP contribution is 3.10. The van der Waals surface area contributed by atoms with Gasteiger partial charge in [0.25, 0.3) is 0 Å². The SMILES string of the molecule is C=CCOC(=O)NCC12C3C4C1C1C2C3C41C(=O)O. The molecule has 0 aromatic rings. The first kappa shape index (κ1) is 10.3. The smallest absolute Gasteiger partial charge is 0.407 e. The number of hydrogen-bond acceptors (Lipinski definition) is 3. The number of carboxylic acids is 1. The molecule has 5 nitrogen and oxygen atoms in total. The van der Waals surface area contributed by atoms with E-state index in [1.54, 1.807) is 6.08 Å². The predicted molar refractivity (Wildman–Crippen MR) is 63.0 cm³/mol. The average molecular weight is 261 g/mol. The lowest BCUT2D eigenvalue weighted by atomic mass is 8.92. The van der Waals surface area contributed by atoms with Crippen LogP contribution in [0.4, 0.5) is 4.79 Å². The predicted octanol–water partition coefficient (Wildman–Crippen LogP) is 0.721. The fourth-order valence-electron chi connectivity index (χ4n) is 6.94. The Morgan fingerprint density at radius 3 is 2.26 bits per heavy atom. The Kier molecular flexibility index (Phi) is 1.37. The van der Waals surface area contributed by atoms with Gasteiger partial charge in [-0.15, -0.1) is 0 Å². The summed E-state index contributed by atoms with van der Waals surface area (Å²) in [5.74, 6) is 2.43. The number of ether oxygens (including phenoxy) is 1. The number of carbonyl (C=O) groups excluding carboxylic acids is 1. The van der Waals surface area contributed by atoms with Crippen molar-refractivity contribution < 1.29 is 19.4 Å². The van der Waals surface area contributed by atoms with Crippen LogP contribution in [0.15, 0.2) is 12.7 Å². The lowest BCUT2D eigenvalue weighted by molar-refractivity contribution is -0.641. The van der Waals surface area contributed by atoms with Crippen molar-refractivity contribution in [2.75, 3.05) is 13.2 Å². The van der Waals surface area contributed by atoms with E-state index in [1.165, 1.54) is 0 Å². The van der Waals surface area contributed by atoms with Crippen LogP contribution in [0.2, 0.25) is 0 Å². The molecule has 0 radical (unpaired) electrons. The third-order valence-electron chi connectivity index (χ3n) is 7.08. The Bertz CT molecular complexity index is 500. The van der Waals surface area contributed by atoms with E-state index >= 15 is 0 Å². The molecular formula is C14H15NO4. The van der Waals surface area contributed by atoms with Crippen molar-refractivity contribution in [2.24, 2.45) is 46.3 Å². The number of carboxylic acid groups (broad SMARTS) is 1. The number of aliphatic carboxylic acids is 1. The molecule has 2 N–H and O–H groups in total. The van der Waals surface area contributed by atoms with Gasteiger partial charge in [0, 0.05) is 6.54 Å². The largest absolute Gasteiger partial charge is 0.481 e. The molecule has 0 spiro atoms. The lowest BCUT2D eigenvalue weighted by Gasteiger charge is -3.10. The van der Waals surface area contributed by atoms with Crippen molar-refractivity contribution in [1.29, 1.82) is 0 Å². The number of rotatable bonds is 5. The van der Waals surface area contributed by atoms with Crippen molar-refractivity contribution in [3.63, 3.8) is 0 Å². The van der Waals surface area contributed by atoms with Gasteiger partial charge in [0.2, 0.25) is 0 Å². The standard InChI is InChI=1S/C14H15NO4/c1-2-3-19-12(18)15-4-13-5-8-6(13)10-7(13)9(5)14(8,10)11(16)17/h2,5-10H,1,3-4H2,(H,15,18)(H,16,17). The van der Waals surface area contributed by atoms with Gasteiger partial charge in [-0.3, -0.25) is 4.79 Å². The molecule has 6 rings (SSSR count). The normalized spacial score (nSPS) is 59.2. The second kappa shape index (κ2) is 2.53. The van der Waals surface area contributed by atoms with E-state index in [0.29, 0.717) is 42.1 Å². The number of amides is 1. The first-order chi connectivity index (χ1) is 9.13. The minimum absolute atomic E-state index is 0.227. The highest BCUT2D eigenvalue weighted by molar-refractivity contribution is 5.87. The number of carbonyl (C=O) groups is 2. The molecule has 19 heavy (non-hydrogen) atoms. The Morgan fingerprint density at radius 1 is 1.21 bits per heavy atom. The monoisotopic (exact) mass is 261 g/mol. The van der Waals surface area contributed by atoms with Gasteiger partial charge in [0.05, 0.1) is 5.41 Å². The fourth-order valence-corrected chi connectivity index (χ4v) is 6.94. The molecule has 0 atom stereocenters. The third-order valence-corrected chi connectivity index (χ3v) is 7.08. The van der Waals surface area contributed by atoms with E-state index in [-0.39, 0.29) is 23.5 Å². The molecular weight excluding hydrogens is 246 g/mol. The van der Waals surface area contributed by atoms with Gasteiger partial charge in [-0.1, -0.05) is 12.7 Å². The van der Waals surface area contributed by atoms with Gasteiger partial charge in [-0.2, -0.15) is 0 Å². The Morgan fingerprint density at radius 2 is 1.79 bits per heavy atom. The second-order valence-corrected chi connectivity index (χ2v) is 6.75. The van der Waals surface area contributed by atoms with Crippen LogP contribution >= 0.6 is 0 Å². The van der Waals surface area contributed by atoms with Crippen molar-refractivity contribution in [3.05, 3.63) is 12.7 Å². The van der Waals surface area contributed by atoms with Crippen LogP contribution in [0.3, 0.4) is 0 Å². The molecule has 0 saturated heterocycles. The minimum Gasteiger partial charge on any atom is -0.481 e. The molecule has 6 fully saturated rings. The summed E-state index contributed by atoms with van der Waals surface area (Å²) >= 11 is 0. The van der Waals surface area contributed by atoms with Crippen LogP contribution in [0.25, 0.3) is 0 Å². The summed E-state index contributed by atoms with van der Waals surface area (Å²) < 4.78 is 4.90. The molecule has 0 unspecified atom stereocenters. The first-order valence-corrected chi connectivity index (χ1v) is 6.88. The maximum atomic E-state index is 11.4. The van der Waals surface area contributed by atoms with Crippen molar-refractivity contribution >= 4 is 12.1 Å². The fraction of sp³-hybridized carbons (Fsp3) is 0.714. The van der Waals surface area contributed by atoms with E-state index < -0.39 is 5.97 Å². The first-order valence-electron chi connectivity index (χ1n) is 6.88. The van der Waals surface area contributed by atoms with Gasteiger partial charge < -0.3 is 15.2 Å². The highest BCUT2D eigenvalue weighted by atomic mass is 16.5. The molecule has 100 valence electrons. The molecule has 0 aliphatic heterocycles. The van der Waals surface area contributed by atoms with Crippen molar-refractivity contribution in [3.8, 4) is 0 Å². The molecule has 6 aliphatic rings. The summed E-state index contributed by atoms with van der Waals surface area (Å²) in [6, 6.07) is 0. The molecule has 0 aromatic carbocycles. The Balaban J connectivity index is 1.25. The average Bonchev–Trinajstić information content (AvgIpc) is 2.42. The third kappa shape index (κ3) is 0.623. The summed E-state index contributed by atoms with van der Waals surface area (Å²) in [7, 11) is 0. The molecule has 6 aliphatic carbocycles. The van der Waals surface area contributed by atoms with E-state index in [9.17, 15) is 14.7 Å². The number of alkyl carbamates (subject to hydrolysis) is 1. The summed E-state index contributed by atoms with van der Waals surface area (Å²) in [4.78, 5) is 22.8. The van der Waals surface area contributed by atoms with Crippen LogP contribution in [0.5, 0.6) is 0 Å². The number of hydrogen-bond donors (Lipinski definition) is 2. The minimum atomic E-state index is -0.567. The molecule has 6 saturated carbocycles. The van der Waals surface area contributed by atoms with Crippen molar-refractivity contribution in [1.82, 2.24) is 5.32 Å². The van der Waals surface area contributed by atoms with E-state index in [4.69, 9.17) is 4.74 Å². The molecule has 0 aromatic heterocycles. The van der Waals surface area contributed by atoms with Crippen LogP contribution in [-0.4, -0.2) is 30.3 Å². The zero-order valence-electron chi connectivity index (χ0n) is 10.3. The summed E-state index contributed by atoms with van der Waals surface area (Å²) in [6.07, 6.45) is 1.15.